The Morgan fingerprint density at radius 3 is 0.875 bits per heavy atom. The monoisotopic (exact) mass is 284 g/mol. The molecule has 42 valence electrons. The molecule has 0 radical (unpaired) electrons. The van der Waals surface area contributed by atoms with Crippen LogP contribution >= 0.6 is 0 Å². The molecule has 0 aliphatic rings. The second-order valence-corrected chi connectivity index (χ2v) is 1.80. The molecule has 8 heteroatoms. The maximum atomic E-state index is 7.33. The van der Waals surface area contributed by atoms with E-state index >= 15 is 0 Å². The molecule has 0 aromatic heterocycles. The van der Waals surface area contributed by atoms with Gasteiger partial charge in [0.2, 0.25) is 0 Å². The van der Waals surface area contributed by atoms with Crippen LogP contribution in [-0.4, -0.2) is 144 Å². The molecule has 0 saturated heterocycles. The number of hydrogen-bond donors (Lipinski definition) is 4. The summed E-state index contributed by atoms with van der Waals surface area (Å²) in [5.41, 5.74) is 0. The van der Waals surface area contributed by atoms with Gasteiger partial charge in [0, 0.05) is 0 Å². The molecule has 0 spiro atoms. The first kappa shape index (κ1) is 22.6. The third-order valence-corrected chi connectivity index (χ3v) is 0. The molecule has 0 amide bonds. The van der Waals surface area contributed by atoms with Crippen LogP contribution in [0.4, 0.5) is 0 Å². The SMILES string of the molecule is O[Si](O)(O)O.[AlH3].[CsH].[NaH]. The van der Waals surface area contributed by atoms with Crippen molar-refractivity contribution in [3.05, 3.63) is 0 Å². The molecule has 0 unspecified atom stereocenters. The van der Waals surface area contributed by atoms with E-state index in [1.165, 1.54) is 0 Å². The Hall–Kier alpha value is 3.64. The van der Waals surface area contributed by atoms with Crippen molar-refractivity contribution in [3.63, 3.8) is 0 Å². The van der Waals surface area contributed by atoms with Gasteiger partial charge in [0.1, 0.15) is 0 Å². The summed E-state index contributed by atoms with van der Waals surface area (Å²) in [5, 5.41) is 0. The first-order valence-electron chi connectivity index (χ1n) is 0.894. The van der Waals surface area contributed by atoms with E-state index in [9.17, 15) is 0 Å². The van der Waals surface area contributed by atoms with Crippen LogP contribution in [0.25, 0.3) is 0 Å². The summed E-state index contributed by atoms with van der Waals surface area (Å²) in [7, 11) is -4.61. The fourth-order valence-corrected chi connectivity index (χ4v) is 0. The van der Waals surface area contributed by atoms with E-state index in [1.807, 2.05) is 0 Å². The summed E-state index contributed by atoms with van der Waals surface area (Å²) in [6.07, 6.45) is 0. The second kappa shape index (κ2) is 10.6. The van der Waals surface area contributed by atoms with E-state index in [0.29, 0.717) is 0 Å². The average Bonchev–Trinajstić information content (AvgIpc) is 0.722. The fraction of sp³-hybridized carbons (Fsp3) is 0. The zero-order valence-corrected chi connectivity index (χ0v) is 3.29. The Labute approximate surface area is 140 Å². The zero-order chi connectivity index (χ0) is 4.50. The molecule has 0 aromatic rings. The molecule has 0 rings (SSSR count). The minimum atomic E-state index is -4.61. The van der Waals surface area contributed by atoms with Crippen molar-refractivity contribution in [1.82, 2.24) is 0 Å². The van der Waals surface area contributed by atoms with Crippen molar-refractivity contribution in [2.45, 2.75) is 0 Å². The Bertz CT molecular complexity index is 31.5. The van der Waals surface area contributed by atoms with Gasteiger partial charge in [-0.2, -0.15) is 0 Å². The molecule has 4 N–H and O–H groups in total. The Kier molecular flexibility index (Phi) is 30.0. The molecule has 8 heavy (non-hydrogen) atoms. The van der Waals surface area contributed by atoms with Gasteiger partial charge in [0.15, 0.2) is 17.4 Å². The average molecular weight is 284 g/mol. The Morgan fingerprint density at radius 1 is 0.875 bits per heavy atom. The van der Waals surface area contributed by atoms with Gasteiger partial charge < -0.3 is 19.2 Å². The van der Waals surface area contributed by atoms with Crippen LogP contribution in [0.5, 0.6) is 0 Å². The topological polar surface area (TPSA) is 80.9 Å². The normalized spacial score (nSPS) is 7.50. The summed E-state index contributed by atoms with van der Waals surface area (Å²) in [6, 6.07) is 0. The molecule has 0 saturated carbocycles. The maximum absolute atomic E-state index is 7.33. The summed E-state index contributed by atoms with van der Waals surface area (Å²) in [5.74, 6) is 0. The van der Waals surface area contributed by atoms with Crippen molar-refractivity contribution in [2.24, 2.45) is 0 Å². The third kappa shape index (κ3) is 54.3. The molecule has 4 nitrogen and oxygen atoms in total. The summed E-state index contributed by atoms with van der Waals surface area (Å²) in [4.78, 5) is 29.3. The molecular weight excluding hydrogens is 275 g/mol. The third-order valence-electron chi connectivity index (χ3n) is 0. The van der Waals surface area contributed by atoms with E-state index in [1.54, 1.807) is 0 Å². The summed E-state index contributed by atoms with van der Waals surface area (Å²) < 4.78 is 0. The molecule has 0 aliphatic heterocycles. The van der Waals surface area contributed by atoms with Crippen LogP contribution < -0.4 is 0 Å². The van der Waals surface area contributed by atoms with Gasteiger partial charge in [-0.25, -0.2) is 0 Å². The van der Waals surface area contributed by atoms with Crippen LogP contribution in [0.3, 0.4) is 0 Å². The van der Waals surface area contributed by atoms with Crippen molar-refractivity contribution >= 4 is 125 Å². The van der Waals surface area contributed by atoms with Crippen LogP contribution in [0.2, 0.25) is 0 Å². The van der Waals surface area contributed by atoms with Crippen LogP contribution in [0.1, 0.15) is 0 Å². The number of hydrogen-bond acceptors (Lipinski definition) is 4. The van der Waals surface area contributed by atoms with Crippen molar-refractivity contribution in [3.8, 4) is 0 Å². The van der Waals surface area contributed by atoms with E-state index in [2.05, 4.69) is 0 Å². The predicted molar refractivity (Wildman–Crippen MR) is 38.9 cm³/mol. The van der Waals surface area contributed by atoms with Gasteiger partial charge in [-0.1, -0.05) is 0 Å². The van der Waals surface area contributed by atoms with E-state index in [4.69, 9.17) is 19.2 Å². The van der Waals surface area contributed by atoms with Gasteiger partial charge in [0.25, 0.3) is 0 Å². The molecule has 0 aromatic carbocycles. The predicted octanol–water partition coefficient (Wildman–Crippen LogP) is -5.09. The van der Waals surface area contributed by atoms with E-state index in [0.717, 1.165) is 0 Å². The summed E-state index contributed by atoms with van der Waals surface area (Å²) in [6.45, 7) is 0. The quantitative estimate of drug-likeness (QED) is 0.336. The Morgan fingerprint density at radius 2 is 0.875 bits per heavy atom. The van der Waals surface area contributed by atoms with E-state index in [-0.39, 0.29) is 116 Å². The van der Waals surface area contributed by atoms with Crippen molar-refractivity contribution in [1.29, 1.82) is 0 Å². The van der Waals surface area contributed by atoms with Gasteiger partial charge >= 0.3 is 107 Å². The minimum absolute atomic E-state index is 0. The first-order valence-corrected chi connectivity index (χ1v) is 2.68. The zero-order valence-electron chi connectivity index (χ0n) is 2.29. The molecule has 0 bridgehead atoms. The van der Waals surface area contributed by atoms with Gasteiger partial charge in [0.05, 0.1) is 0 Å². The van der Waals surface area contributed by atoms with Crippen molar-refractivity contribution in [2.75, 3.05) is 0 Å². The molecular formula is H9AlCsNaO4Si. The van der Waals surface area contributed by atoms with Gasteiger partial charge in [-0.3, -0.25) is 0 Å². The van der Waals surface area contributed by atoms with Crippen molar-refractivity contribution < 1.29 is 19.2 Å². The first-order chi connectivity index (χ1) is 2.00. The standard InChI is InChI=1S/Al.Cs.Na.H4O4Si.5H/c;;;1-5(2,3)4;;;;;/h;;;1-4H;;;;;. The van der Waals surface area contributed by atoms with Gasteiger partial charge in [-0.15, -0.1) is 0 Å². The fourth-order valence-electron chi connectivity index (χ4n) is 0. The molecule has 0 aliphatic carbocycles. The van der Waals surface area contributed by atoms with Crippen LogP contribution in [-0.2, 0) is 0 Å². The van der Waals surface area contributed by atoms with Crippen LogP contribution in [0, 0.1) is 0 Å². The van der Waals surface area contributed by atoms with E-state index < -0.39 is 9.05 Å². The van der Waals surface area contributed by atoms with Crippen LogP contribution in [0.15, 0.2) is 0 Å². The molecule has 0 heterocycles. The summed E-state index contributed by atoms with van der Waals surface area (Å²) >= 11 is 0. The van der Waals surface area contributed by atoms with Gasteiger partial charge in [-0.05, 0) is 0 Å². The molecule has 0 fully saturated rings. The Balaban J connectivity index is -0.0000000267. The second-order valence-electron chi connectivity index (χ2n) is 0.600. The molecule has 0 atom stereocenters. The number of rotatable bonds is 0.